The van der Waals surface area contributed by atoms with E-state index in [9.17, 15) is 9.59 Å². The summed E-state index contributed by atoms with van der Waals surface area (Å²) in [6.45, 7) is 14.0. The normalized spacial score (nSPS) is 50.5. The van der Waals surface area contributed by atoms with E-state index in [4.69, 9.17) is 9.47 Å². The molecule has 4 heteroatoms. The highest BCUT2D eigenvalue weighted by molar-refractivity contribution is 5.88. The summed E-state index contributed by atoms with van der Waals surface area (Å²) in [5.41, 5.74) is 1.37. The quantitative estimate of drug-likeness (QED) is 0.397. The second kappa shape index (κ2) is 6.68. The van der Waals surface area contributed by atoms with Crippen LogP contribution in [0.25, 0.3) is 0 Å². The first kappa shape index (κ1) is 21.7. The number of rotatable bonds is 1. The van der Waals surface area contributed by atoms with Gasteiger partial charge < -0.3 is 9.47 Å². The van der Waals surface area contributed by atoms with Crippen LogP contribution in [0.15, 0.2) is 11.6 Å². The van der Waals surface area contributed by atoms with Crippen LogP contribution >= 0.6 is 0 Å². The van der Waals surface area contributed by atoms with Crippen LogP contribution in [0.4, 0.5) is 0 Å². The smallest absolute Gasteiger partial charge is 0.304 e. The average Bonchev–Trinajstić information content (AvgIpc) is 3.06. The predicted molar refractivity (Wildman–Crippen MR) is 119 cm³/mol. The number of fused-ring (bicyclic) bond motifs is 7. The topological polar surface area (TPSA) is 52.6 Å². The first-order valence-corrected chi connectivity index (χ1v) is 12.5. The molecule has 1 unspecified atom stereocenters. The summed E-state index contributed by atoms with van der Waals surface area (Å²) in [5, 5.41) is 0. The van der Waals surface area contributed by atoms with Gasteiger partial charge in [0, 0.05) is 18.8 Å². The van der Waals surface area contributed by atoms with Gasteiger partial charge in [-0.15, -0.1) is 0 Å². The number of Topliss-reactive ketones (excluding diaryl/α,β-unsaturated/α-hetero) is 1. The van der Waals surface area contributed by atoms with Gasteiger partial charge in [-0.3, -0.25) is 9.59 Å². The largest absolute Gasteiger partial charge is 0.435 e. The van der Waals surface area contributed by atoms with Gasteiger partial charge in [0.05, 0.1) is 12.5 Å². The van der Waals surface area contributed by atoms with Gasteiger partial charge >= 0.3 is 5.97 Å². The maximum atomic E-state index is 14.1. The Hall–Kier alpha value is -1.16. The first-order chi connectivity index (χ1) is 14.4. The van der Waals surface area contributed by atoms with E-state index in [0.717, 1.165) is 6.42 Å². The lowest BCUT2D eigenvalue weighted by molar-refractivity contribution is -0.215. The zero-order valence-electron chi connectivity index (χ0n) is 20.3. The predicted octanol–water partition coefficient (Wildman–Crippen LogP) is 5.70. The minimum atomic E-state index is -0.624. The first-order valence-electron chi connectivity index (χ1n) is 12.5. The lowest BCUT2D eigenvalue weighted by atomic mass is 9.35. The van der Waals surface area contributed by atoms with Crippen LogP contribution in [0.5, 0.6) is 0 Å². The van der Waals surface area contributed by atoms with Gasteiger partial charge in [0.25, 0.3) is 0 Å². The number of carbonyl (C=O) groups is 2. The number of ether oxygens (including phenoxy) is 2. The third kappa shape index (κ3) is 2.75. The minimum absolute atomic E-state index is 0.131. The van der Waals surface area contributed by atoms with Crippen molar-refractivity contribution in [1.82, 2.24) is 0 Å². The number of esters is 1. The lowest BCUT2D eigenvalue weighted by Crippen LogP contribution is -2.65. The molecule has 4 nitrogen and oxygen atoms in total. The highest BCUT2D eigenvalue weighted by Gasteiger charge is 2.69. The fourth-order valence-electron chi connectivity index (χ4n) is 9.69. The van der Waals surface area contributed by atoms with Crippen molar-refractivity contribution in [3.8, 4) is 0 Å². The van der Waals surface area contributed by atoms with Crippen LogP contribution in [0.1, 0.15) is 86.5 Å². The standard InChI is InChI=1S/C27H40O4/c1-16(28)31-23-22-17(15-30-23)8-9-19-26(5)13-10-18-24(2,3)11-7-12-25(18,4)20(26)14-21(29)27(19,22)6/h8,18-20,22-23H,7,9-15H2,1-6H3/t18-,19-,20+,22+,23?,25-,26-,27+/m0/s1. The van der Waals surface area contributed by atoms with Crippen LogP contribution in [-0.4, -0.2) is 24.6 Å². The number of allylic oxidation sites excluding steroid dienone is 1. The van der Waals surface area contributed by atoms with Crippen molar-refractivity contribution in [2.75, 3.05) is 6.61 Å². The van der Waals surface area contributed by atoms with E-state index in [0.29, 0.717) is 36.1 Å². The summed E-state index contributed by atoms with van der Waals surface area (Å²) in [5.74, 6) is 1.33. The van der Waals surface area contributed by atoms with E-state index < -0.39 is 11.7 Å². The van der Waals surface area contributed by atoms with E-state index in [1.165, 1.54) is 44.6 Å². The van der Waals surface area contributed by atoms with Crippen LogP contribution in [0, 0.1) is 45.3 Å². The lowest BCUT2D eigenvalue weighted by Gasteiger charge is -2.69. The molecule has 5 rings (SSSR count). The molecule has 31 heavy (non-hydrogen) atoms. The number of hydrogen-bond acceptors (Lipinski definition) is 4. The van der Waals surface area contributed by atoms with Gasteiger partial charge in [0.15, 0.2) is 0 Å². The molecule has 0 N–H and O–H groups in total. The Morgan fingerprint density at radius 2 is 1.74 bits per heavy atom. The molecule has 0 aromatic carbocycles. The summed E-state index contributed by atoms with van der Waals surface area (Å²) >= 11 is 0. The Balaban J connectivity index is 1.57. The van der Waals surface area contributed by atoms with Crippen molar-refractivity contribution in [2.24, 2.45) is 45.3 Å². The molecule has 0 radical (unpaired) electrons. The van der Waals surface area contributed by atoms with Gasteiger partial charge in [-0.05, 0) is 71.7 Å². The van der Waals surface area contributed by atoms with Crippen LogP contribution in [0.3, 0.4) is 0 Å². The Morgan fingerprint density at radius 1 is 1.03 bits per heavy atom. The molecule has 1 heterocycles. The van der Waals surface area contributed by atoms with E-state index in [1.54, 1.807) is 0 Å². The molecule has 8 atom stereocenters. The Labute approximate surface area is 187 Å². The summed E-state index contributed by atoms with van der Waals surface area (Å²) in [4.78, 5) is 25.8. The highest BCUT2D eigenvalue weighted by Crippen LogP contribution is 2.72. The molecular weight excluding hydrogens is 388 g/mol. The number of ketones is 1. The molecule has 0 aromatic heterocycles. The van der Waals surface area contributed by atoms with Crippen molar-refractivity contribution in [3.63, 3.8) is 0 Å². The molecule has 1 saturated heterocycles. The molecule has 0 aromatic rings. The van der Waals surface area contributed by atoms with E-state index >= 15 is 0 Å². The summed E-state index contributed by atoms with van der Waals surface area (Å²) in [6, 6.07) is 0. The van der Waals surface area contributed by atoms with E-state index in [1.807, 2.05) is 0 Å². The van der Waals surface area contributed by atoms with Gasteiger partial charge in [0.1, 0.15) is 5.78 Å². The summed E-state index contributed by atoms with van der Waals surface area (Å²) in [6.07, 6.45) is 9.61. The van der Waals surface area contributed by atoms with Gasteiger partial charge in [-0.2, -0.15) is 0 Å². The zero-order chi connectivity index (χ0) is 22.4. The fraction of sp³-hybridized carbons (Fsp3) is 0.852. The van der Waals surface area contributed by atoms with Crippen molar-refractivity contribution >= 4 is 11.8 Å². The molecule has 1 aliphatic heterocycles. The third-order valence-electron chi connectivity index (χ3n) is 11.0. The van der Waals surface area contributed by atoms with Gasteiger partial charge in [-0.25, -0.2) is 0 Å². The monoisotopic (exact) mass is 428 g/mol. The average molecular weight is 429 g/mol. The molecule has 0 bridgehead atoms. The third-order valence-corrected chi connectivity index (χ3v) is 11.0. The zero-order valence-corrected chi connectivity index (χ0v) is 20.3. The summed E-state index contributed by atoms with van der Waals surface area (Å²) < 4.78 is 11.5. The maximum absolute atomic E-state index is 14.1. The number of carbonyl (C=O) groups excluding carboxylic acids is 2. The maximum Gasteiger partial charge on any atom is 0.304 e. The van der Waals surface area contributed by atoms with Crippen molar-refractivity contribution in [2.45, 2.75) is 92.8 Å². The second-order valence-electron chi connectivity index (χ2n) is 12.7. The highest BCUT2D eigenvalue weighted by atomic mass is 16.7. The Bertz CT molecular complexity index is 842. The Morgan fingerprint density at radius 3 is 2.45 bits per heavy atom. The molecule has 0 spiro atoms. The second-order valence-corrected chi connectivity index (χ2v) is 12.7. The summed E-state index contributed by atoms with van der Waals surface area (Å²) in [7, 11) is 0. The molecule has 0 amide bonds. The fourth-order valence-corrected chi connectivity index (χ4v) is 9.69. The van der Waals surface area contributed by atoms with Crippen molar-refractivity contribution in [1.29, 1.82) is 0 Å². The molecular formula is C27H40O4. The molecule has 5 aliphatic rings. The molecule has 172 valence electrons. The van der Waals surface area contributed by atoms with Crippen LogP contribution in [0.2, 0.25) is 0 Å². The number of hydrogen-bond donors (Lipinski definition) is 0. The minimum Gasteiger partial charge on any atom is -0.435 e. The van der Waals surface area contributed by atoms with E-state index in [2.05, 4.69) is 40.7 Å². The van der Waals surface area contributed by atoms with Crippen LogP contribution in [-0.2, 0) is 19.1 Å². The van der Waals surface area contributed by atoms with Crippen LogP contribution < -0.4 is 0 Å². The van der Waals surface area contributed by atoms with Gasteiger partial charge in [-0.1, -0.05) is 47.1 Å². The molecule has 4 fully saturated rings. The van der Waals surface area contributed by atoms with E-state index in [-0.39, 0.29) is 28.6 Å². The van der Waals surface area contributed by atoms with Gasteiger partial charge in [0.2, 0.25) is 6.29 Å². The SMILES string of the molecule is CC(=O)OC1OCC2=CC[C@H]3[C@]4(C)CC[C@H]5C(C)(C)CCC[C@]5(C)[C@H]4CC(=O)[C@]3(C)[C@H]21. The Kier molecular flexibility index (Phi) is 4.67. The van der Waals surface area contributed by atoms with Crippen molar-refractivity contribution < 1.29 is 19.1 Å². The van der Waals surface area contributed by atoms with Crippen molar-refractivity contribution in [3.05, 3.63) is 11.6 Å². The molecule has 4 aliphatic carbocycles. The molecule has 3 saturated carbocycles.